The van der Waals surface area contributed by atoms with Crippen molar-refractivity contribution in [2.24, 2.45) is 0 Å². The van der Waals surface area contributed by atoms with E-state index in [1.165, 1.54) is 0 Å². The Labute approximate surface area is 348 Å². The molecule has 6 heteroatoms. The first-order valence-electron chi connectivity index (χ1n) is 20.0. The van der Waals surface area contributed by atoms with E-state index in [4.69, 9.17) is 0 Å². The molecular weight excluding hydrogens is 745 g/mol. The van der Waals surface area contributed by atoms with E-state index in [0.717, 1.165) is 33.4 Å². The lowest BCUT2D eigenvalue weighted by Crippen LogP contribution is -2.30. The standard InChI is InChI=1S/C54H42O6/c55-49-25-27-50(56,28-26-49)45-17-5-39(6-18-45)40-9-21-47(22-10-40)53(59)33-35-54(60,36-34-53)48-23-11-42(12-24-48)41-7-19-46(20-8-41)52(58)31-29-51(57,30-32-52)44-15-3-38(4-16-44)37-1-13-43(49)14-2-37/h1-36,55-60H. The Balaban J connectivity index is 0.990. The summed E-state index contributed by atoms with van der Waals surface area (Å²) >= 11 is 0. The van der Waals surface area contributed by atoms with Gasteiger partial charge in [-0.3, -0.25) is 0 Å². The van der Waals surface area contributed by atoms with Crippen LogP contribution in [0.4, 0.5) is 0 Å². The summed E-state index contributed by atoms with van der Waals surface area (Å²) in [6, 6.07) is 45.5. The molecule has 0 radical (unpaired) electrons. The smallest absolute Gasteiger partial charge is 0.127 e. The Bertz CT molecular complexity index is 2240. The average molecular weight is 787 g/mol. The van der Waals surface area contributed by atoms with Gasteiger partial charge >= 0.3 is 0 Å². The highest BCUT2D eigenvalue weighted by molar-refractivity contribution is 5.68. The molecule has 6 aromatic rings. The van der Waals surface area contributed by atoms with E-state index in [1.807, 2.05) is 146 Å². The van der Waals surface area contributed by atoms with Crippen LogP contribution in [0.1, 0.15) is 33.4 Å². The van der Waals surface area contributed by atoms with Gasteiger partial charge in [-0.15, -0.1) is 0 Å². The maximum absolute atomic E-state index is 11.6. The Hall–Kier alpha value is -6.48. The SMILES string of the molecule is OC12C=CC(O)(C=C1)c1ccc(cc1)-c1ccc(cc1)C1(O)C=CC(O)(C=C1)c1ccc(cc1)-c1ccc(cc1)C1(O)C=CC(O)(C=C1)c1ccc(cc1)-c1ccc2cc1. The number of hydrogen-bond acceptors (Lipinski definition) is 6. The van der Waals surface area contributed by atoms with Crippen molar-refractivity contribution in [2.45, 2.75) is 33.6 Å². The Kier molecular flexibility index (Phi) is 8.51. The molecule has 60 heavy (non-hydrogen) atoms. The number of aliphatic hydroxyl groups is 6. The van der Waals surface area contributed by atoms with Crippen LogP contribution in [0.2, 0.25) is 0 Å². The molecule has 0 unspecified atom stereocenters. The normalized spacial score (nSPS) is 29.5. The molecule has 6 aromatic carbocycles. The van der Waals surface area contributed by atoms with Crippen molar-refractivity contribution in [3.05, 3.63) is 252 Å². The molecule has 0 saturated carbocycles. The molecule has 6 N–H and O–H groups in total. The third-order valence-electron chi connectivity index (χ3n) is 12.6. The molecule has 0 saturated heterocycles. The average Bonchev–Trinajstić information content (AvgIpc) is 3.30. The zero-order valence-corrected chi connectivity index (χ0v) is 32.5. The lowest BCUT2D eigenvalue weighted by Gasteiger charge is -2.32. The van der Waals surface area contributed by atoms with Gasteiger partial charge in [0.15, 0.2) is 0 Å². The number of benzene rings is 6. The van der Waals surface area contributed by atoms with Gasteiger partial charge in [0.1, 0.15) is 33.6 Å². The molecule has 22 aliphatic rings. The summed E-state index contributed by atoms with van der Waals surface area (Å²) in [7, 11) is 0. The molecule has 22 aliphatic carbocycles. The van der Waals surface area contributed by atoms with Gasteiger partial charge in [0.25, 0.3) is 0 Å². The fourth-order valence-corrected chi connectivity index (χ4v) is 8.59. The fraction of sp³-hybridized carbons (Fsp3) is 0.111. The summed E-state index contributed by atoms with van der Waals surface area (Å²) in [4.78, 5) is 0. The van der Waals surface area contributed by atoms with Crippen LogP contribution in [0, 0.1) is 0 Å². The first-order valence-corrected chi connectivity index (χ1v) is 20.0. The van der Waals surface area contributed by atoms with Gasteiger partial charge in [0, 0.05) is 0 Å². The number of hydrogen-bond donors (Lipinski definition) is 6. The van der Waals surface area contributed by atoms with E-state index in [-0.39, 0.29) is 0 Å². The monoisotopic (exact) mass is 786 g/mol. The third-order valence-corrected chi connectivity index (χ3v) is 12.6. The van der Waals surface area contributed by atoms with Gasteiger partial charge in [-0.2, -0.15) is 0 Å². The molecule has 0 aromatic heterocycles. The van der Waals surface area contributed by atoms with Crippen LogP contribution >= 0.6 is 0 Å². The van der Waals surface area contributed by atoms with Crippen molar-refractivity contribution in [1.29, 1.82) is 0 Å². The van der Waals surface area contributed by atoms with Crippen molar-refractivity contribution in [3.8, 4) is 33.4 Å². The minimum absolute atomic E-state index is 0.645. The quantitative estimate of drug-likeness (QED) is 0.0859. The van der Waals surface area contributed by atoms with Crippen molar-refractivity contribution in [3.63, 3.8) is 0 Å². The van der Waals surface area contributed by atoms with Crippen molar-refractivity contribution in [2.75, 3.05) is 0 Å². The molecule has 28 rings (SSSR count). The lowest BCUT2D eigenvalue weighted by molar-refractivity contribution is 0.106. The van der Waals surface area contributed by atoms with Crippen LogP contribution in [0.3, 0.4) is 0 Å². The molecule has 18 bridgehead atoms. The molecular formula is C54H42O6. The molecule has 294 valence electrons. The van der Waals surface area contributed by atoms with E-state index in [2.05, 4.69) is 0 Å². The summed E-state index contributed by atoms with van der Waals surface area (Å²) < 4.78 is 0. The van der Waals surface area contributed by atoms with Gasteiger partial charge in [-0.05, 0) is 140 Å². The van der Waals surface area contributed by atoms with Crippen LogP contribution < -0.4 is 0 Å². The maximum atomic E-state index is 11.6. The van der Waals surface area contributed by atoms with Gasteiger partial charge in [0.05, 0.1) is 0 Å². The van der Waals surface area contributed by atoms with Gasteiger partial charge < -0.3 is 30.6 Å². The predicted molar refractivity (Wildman–Crippen MR) is 234 cm³/mol. The zero-order chi connectivity index (χ0) is 41.4. The molecule has 0 aliphatic heterocycles. The highest BCUT2D eigenvalue weighted by Gasteiger charge is 2.36. The molecule has 0 heterocycles. The second-order valence-electron chi connectivity index (χ2n) is 16.4. The van der Waals surface area contributed by atoms with E-state index >= 15 is 0 Å². The van der Waals surface area contributed by atoms with Crippen LogP contribution in [0.5, 0.6) is 0 Å². The maximum Gasteiger partial charge on any atom is 0.127 e. The molecule has 0 atom stereocenters. The van der Waals surface area contributed by atoms with Crippen LogP contribution in [-0.4, -0.2) is 30.6 Å². The van der Waals surface area contributed by atoms with Crippen molar-refractivity contribution >= 4 is 0 Å². The molecule has 0 fully saturated rings. The minimum Gasteiger partial charge on any atom is -0.377 e. The summed E-state index contributed by atoms with van der Waals surface area (Å²) in [6.45, 7) is 0. The molecule has 6 nitrogen and oxygen atoms in total. The van der Waals surface area contributed by atoms with Gasteiger partial charge in [-0.25, -0.2) is 0 Å². The highest BCUT2D eigenvalue weighted by Crippen LogP contribution is 2.41. The largest absolute Gasteiger partial charge is 0.377 e. The highest BCUT2D eigenvalue weighted by atomic mass is 16.3. The first kappa shape index (κ1) is 37.8. The van der Waals surface area contributed by atoms with E-state index in [9.17, 15) is 30.6 Å². The molecule has 0 spiro atoms. The van der Waals surface area contributed by atoms with E-state index in [0.29, 0.717) is 33.4 Å². The Morgan fingerprint density at radius 1 is 0.167 bits per heavy atom. The predicted octanol–water partition coefficient (Wildman–Crippen LogP) is 8.61. The number of rotatable bonds is 0. The summed E-state index contributed by atoms with van der Waals surface area (Å²) in [6.07, 6.45) is 19.3. The lowest BCUT2D eigenvalue weighted by atomic mass is 9.80. The summed E-state index contributed by atoms with van der Waals surface area (Å²) in [5.74, 6) is 0. The van der Waals surface area contributed by atoms with E-state index < -0.39 is 33.6 Å². The fourth-order valence-electron chi connectivity index (χ4n) is 8.59. The van der Waals surface area contributed by atoms with E-state index in [1.54, 1.807) is 72.9 Å². The van der Waals surface area contributed by atoms with Crippen LogP contribution in [-0.2, 0) is 33.6 Å². The van der Waals surface area contributed by atoms with Crippen molar-refractivity contribution < 1.29 is 30.6 Å². The topological polar surface area (TPSA) is 121 Å². The third kappa shape index (κ3) is 6.38. The Morgan fingerprint density at radius 3 is 0.367 bits per heavy atom. The summed E-state index contributed by atoms with van der Waals surface area (Å²) in [5, 5.41) is 69.8. The second kappa shape index (κ2) is 13.5. The zero-order valence-electron chi connectivity index (χ0n) is 32.5. The van der Waals surface area contributed by atoms with Gasteiger partial charge in [-0.1, -0.05) is 146 Å². The second-order valence-corrected chi connectivity index (χ2v) is 16.4. The molecule has 0 amide bonds. The minimum atomic E-state index is -1.42. The van der Waals surface area contributed by atoms with Gasteiger partial charge in [0.2, 0.25) is 0 Å². The van der Waals surface area contributed by atoms with Crippen LogP contribution in [0.15, 0.2) is 219 Å². The van der Waals surface area contributed by atoms with Crippen LogP contribution in [0.25, 0.3) is 33.4 Å². The summed E-state index contributed by atoms with van der Waals surface area (Å²) in [5.41, 5.74) is 0.908. The first-order chi connectivity index (χ1) is 28.8. The Morgan fingerprint density at radius 2 is 0.267 bits per heavy atom. The van der Waals surface area contributed by atoms with Crippen molar-refractivity contribution in [1.82, 2.24) is 0 Å².